The van der Waals surface area contributed by atoms with Gasteiger partial charge in [0.1, 0.15) is 0 Å². The number of carbonyl (C=O) groups excluding carboxylic acids is 1. The lowest BCUT2D eigenvalue weighted by Crippen LogP contribution is -2.46. The molecule has 3 heteroatoms. The Balaban J connectivity index is 1.80. The van der Waals surface area contributed by atoms with Gasteiger partial charge in [0, 0.05) is 32.0 Å². The number of nitrogens with zero attached hydrogens (tertiary/aromatic N) is 1. The van der Waals surface area contributed by atoms with E-state index in [0.29, 0.717) is 6.54 Å². The van der Waals surface area contributed by atoms with Crippen LogP contribution in [-0.4, -0.2) is 29.6 Å². The van der Waals surface area contributed by atoms with Crippen LogP contribution in [0, 0.1) is 0 Å². The maximum absolute atomic E-state index is 12.3. The fourth-order valence-corrected chi connectivity index (χ4v) is 4.37. The van der Waals surface area contributed by atoms with Crippen molar-refractivity contribution in [2.45, 2.75) is 57.6 Å². The summed E-state index contributed by atoms with van der Waals surface area (Å²) in [4.78, 5) is 14.3. The zero-order valence-corrected chi connectivity index (χ0v) is 16.8. The summed E-state index contributed by atoms with van der Waals surface area (Å²) in [6.07, 6.45) is 2.93. The van der Waals surface area contributed by atoms with Gasteiger partial charge in [0.2, 0.25) is 5.91 Å². The van der Waals surface area contributed by atoms with Crippen molar-refractivity contribution in [1.82, 2.24) is 4.90 Å². The molecular weight excluding hydrogens is 334 g/mol. The highest BCUT2D eigenvalue weighted by Gasteiger charge is 2.42. The fraction of sp³-hybridized carbons (Fsp3) is 0.458. The molecule has 1 fully saturated rings. The van der Waals surface area contributed by atoms with Crippen LogP contribution in [0.15, 0.2) is 60.7 Å². The van der Waals surface area contributed by atoms with Gasteiger partial charge in [0.25, 0.3) is 0 Å². The molecule has 0 N–H and O–H groups in total. The molecule has 144 valence electrons. The van der Waals surface area contributed by atoms with Gasteiger partial charge in [-0.3, -0.25) is 4.79 Å². The van der Waals surface area contributed by atoms with Gasteiger partial charge >= 0.3 is 0 Å². The Hall–Kier alpha value is -2.13. The summed E-state index contributed by atoms with van der Waals surface area (Å²) < 4.78 is 6.01. The molecule has 1 heterocycles. The number of hydrogen-bond donors (Lipinski definition) is 0. The lowest BCUT2D eigenvalue weighted by molar-refractivity contribution is -0.130. The van der Waals surface area contributed by atoms with E-state index >= 15 is 0 Å². The maximum atomic E-state index is 12.3. The van der Waals surface area contributed by atoms with Crippen LogP contribution in [0.3, 0.4) is 0 Å². The van der Waals surface area contributed by atoms with Crippen molar-refractivity contribution < 1.29 is 9.53 Å². The SMILES string of the molecule is CC(=O)N(CC[C@@]1(c2ccccc2)CCOC(C)(C)C1)Cc1ccccc1. The van der Waals surface area contributed by atoms with E-state index in [1.54, 1.807) is 6.92 Å². The van der Waals surface area contributed by atoms with E-state index in [4.69, 9.17) is 4.74 Å². The number of amides is 1. The second kappa shape index (κ2) is 8.26. The molecule has 3 nitrogen and oxygen atoms in total. The minimum atomic E-state index is -0.144. The van der Waals surface area contributed by atoms with E-state index < -0.39 is 0 Å². The van der Waals surface area contributed by atoms with Crippen molar-refractivity contribution in [3.8, 4) is 0 Å². The zero-order chi connectivity index (χ0) is 19.3. The normalized spacial score (nSPS) is 21.6. The topological polar surface area (TPSA) is 29.5 Å². The summed E-state index contributed by atoms with van der Waals surface area (Å²) >= 11 is 0. The van der Waals surface area contributed by atoms with Gasteiger partial charge in [-0.2, -0.15) is 0 Å². The summed E-state index contributed by atoms with van der Waals surface area (Å²) in [5, 5.41) is 0. The Morgan fingerprint density at radius 1 is 1.04 bits per heavy atom. The summed E-state index contributed by atoms with van der Waals surface area (Å²) in [6.45, 7) is 8.22. The lowest BCUT2D eigenvalue weighted by Gasteiger charge is -2.46. The highest BCUT2D eigenvalue weighted by atomic mass is 16.5. The van der Waals surface area contributed by atoms with Crippen molar-refractivity contribution in [2.24, 2.45) is 0 Å². The first kappa shape index (κ1) is 19.6. The first-order valence-corrected chi connectivity index (χ1v) is 9.89. The minimum absolute atomic E-state index is 0.0490. The van der Waals surface area contributed by atoms with Crippen LogP contribution < -0.4 is 0 Å². The highest BCUT2D eigenvalue weighted by Crippen LogP contribution is 2.44. The van der Waals surface area contributed by atoms with E-state index in [-0.39, 0.29) is 16.9 Å². The van der Waals surface area contributed by atoms with Crippen molar-refractivity contribution >= 4 is 5.91 Å². The van der Waals surface area contributed by atoms with E-state index in [9.17, 15) is 4.79 Å². The average molecular weight is 366 g/mol. The molecule has 1 aliphatic rings. The predicted octanol–water partition coefficient (Wildman–Crippen LogP) is 4.95. The molecule has 3 rings (SSSR count). The molecule has 0 aliphatic carbocycles. The predicted molar refractivity (Wildman–Crippen MR) is 110 cm³/mol. The molecule has 0 aromatic heterocycles. The highest BCUT2D eigenvalue weighted by molar-refractivity contribution is 5.73. The van der Waals surface area contributed by atoms with Crippen LogP contribution in [-0.2, 0) is 21.5 Å². The quantitative estimate of drug-likeness (QED) is 0.725. The van der Waals surface area contributed by atoms with Crippen LogP contribution in [0.4, 0.5) is 0 Å². The number of carbonyl (C=O) groups is 1. The largest absolute Gasteiger partial charge is 0.376 e. The van der Waals surface area contributed by atoms with Gasteiger partial charge in [0.15, 0.2) is 0 Å². The van der Waals surface area contributed by atoms with Crippen molar-refractivity contribution in [1.29, 1.82) is 0 Å². The molecule has 0 unspecified atom stereocenters. The third-order valence-corrected chi connectivity index (χ3v) is 5.75. The first-order valence-electron chi connectivity index (χ1n) is 9.89. The van der Waals surface area contributed by atoms with Crippen LogP contribution in [0.5, 0.6) is 0 Å². The molecule has 1 aliphatic heterocycles. The standard InChI is InChI=1S/C24H31NO2/c1-20(26)25(18-21-10-6-4-7-11-21)16-14-24(22-12-8-5-9-13-22)15-17-27-23(2,3)19-24/h4-13H,14-19H2,1-3H3/t24-/m1/s1. The summed E-state index contributed by atoms with van der Waals surface area (Å²) in [5.74, 6) is 0.133. The summed E-state index contributed by atoms with van der Waals surface area (Å²) in [6, 6.07) is 21.0. The van der Waals surface area contributed by atoms with Crippen molar-refractivity contribution in [3.63, 3.8) is 0 Å². The molecule has 0 spiro atoms. The summed E-state index contributed by atoms with van der Waals surface area (Å²) in [7, 11) is 0. The third-order valence-electron chi connectivity index (χ3n) is 5.75. The number of ether oxygens (including phenoxy) is 1. The van der Waals surface area contributed by atoms with Crippen LogP contribution in [0.25, 0.3) is 0 Å². The van der Waals surface area contributed by atoms with Gasteiger partial charge in [0.05, 0.1) is 5.60 Å². The maximum Gasteiger partial charge on any atom is 0.219 e. The van der Waals surface area contributed by atoms with Gasteiger partial charge in [-0.1, -0.05) is 60.7 Å². The van der Waals surface area contributed by atoms with E-state index in [1.165, 1.54) is 11.1 Å². The molecule has 27 heavy (non-hydrogen) atoms. The molecule has 0 bridgehead atoms. The molecular formula is C24H31NO2. The first-order chi connectivity index (χ1) is 12.9. The molecule has 0 radical (unpaired) electrons. The zero-order valence-electron chi connectivity index (χ0n) is 16.8. The number of benzene rings is 2. The van der Waals surface area contributed by atoms with Crippen molar-refractivity contribution in [3.05, 3.63) is 71.8 Å². The van der Waals surface area contributed by atoms with Crippen molar-refractivity contribution in [2.75, 3.05) is 13.2 Å². The van der Waals surface area contributed by atoms with Gasteiger partial charge in [-0.25, -0.2) is 0 Å². The number of hydrogen-bond acceptors (Lipinski definition) is 2. The fourth-order valence-electron chi connectivity index (χ4n) is 4.37. The second-order valence-corrected chi connectivity index (χ2v) is 8.36. The minimum Gasteiger partial charge on any atom is -0.376 e. The average Bonchev–Trinajstić information content (AvgIpc) is 2.65. The monoisotopic (exact) mass is 365 g/mol. The Labute approximate surface area is 163 Å². The van der Waals surface area contributed by atoms with E-state index in [2.05, 4.69) is 56.3 Å². The molecule has 1 amide bonds. The van der Waals surface area contributed by atoms with Gasteiger partial charge < -0.3 is 9.64 Å². The Morgan fingerprint density at radius 2 is 1.67 bits per heavy atom. The smallest absolute Gasteiger partial charge is 0.219 e. The third kappa shape index (κ3) is 4.98. The Kier molecular flexibility index (Phi) is 6.01. The second-order valence-electron chi connectivity index (χ2n) is 8.36. The Bertz CT molecular complexity index is 741. The van der Waals surface area contributed by atoms with Gasteiger partial charge in [-0.05, 0) is 44.2 Å². The van der Waals surface area contributed by atoms with Crippen LogP contribution >= 0.6 is 0 Å². The molecule has 1 saturated heterocycles. The lowest BCUT2D eigenvalue weighted by atomic mass is 9.67. The van der Waals surface area contributed by atoms with E-state index in [0.717, 1.165) is 32.4 Å². The molecule has 1 atom stereocenters. The molecule has 2 aromatic carbocycles. The van der Waals surface area contributed by atoms with E-state index in [1.807, 2.05) is 23.1 Å². The van der Waals surface area contributed by atoms with Crippen LogP contribution in [0.2, 0.25) is 0 Å². The van der Waals surface area contributed by atoms with Gasteiger partial charge in [-0.15, -0.1) is 0 Å². The molecule has 0 saturated carbocycles. The molecule has 2 aromatic rings. The Morgan fingerprint density at radius 3 is 2.26 bits per heavy atom. The summed E-state index contributed by atoms with van der Waals surface area (Å²) in [5.41, 5.74) is 2.44. The number of rotatable bonds is 6. The van der Waals surface area contributed by atoms with Crippen LogP contribution in [0.1, 0.15) is 51.2 Å².